The minimum absolute atomic E-state index is 0.129. The number of hydrogen-bond acceptors (Lipinski definition) is 8. The Morgan fingerprint density at radius 3 is 2.58 bits per heavy atom. The minimum atomic E-state index is -0.974. The van der Waals surface area contributed by atoms with E-state index in [-0.39, 0.29) is 35.8 Å². The maximum Gasteiger partial charge on any atom is 0.335 e. The van der Waals surface area contributed by atoms with Gasteiger partial charge >= 0.3 is 5.97 Å². The van der Waals surface area contributed by atoms with Gasteiger partial charge in [0.05, 0.1) is 39.7 Å². The van der Waals surface area contributed by atoms with Crippen LogP contribution in [-0.2, 0) is 6.54 Å². The van der Waals surface area contributed by atoms with Gasteiger partial charge in [0.25, 0.3) is 11.8 Å². The molecule has 10 nitrogen and oxygen atoms in total. The molecule has 224 valence electrons. The summed E-state index contributed by atoms with van der Waals surface area (Å²) in [7, 11) is 1.95. The van der Waals surface area contributed by atoms with Crippen LogP contribution in [0.1, 0.15) is 49.9 Å². The van der Waals surface area contributed by atoms with Gasteiger partial charge in [0.1, 0.15) is 6.10 Å². The van der Waals surface area contributed by atoms with Gasteiger partial charge in [-0.3, -0.25) is 14.5 Å². The fourth-order valence-corrected chi connectivity index (χ4v) is 6.00. The number of carbonyl (C=O) groups is 3. The Morgan fingerprint density at radius 1 is 1.14 bits per heavy atom. The second-order valence-corrected chi connectivity index (χ2v) is 12.0. The maximum atomic E-state index is 13.8. The Hall–Kier alpha value is -4.32. The van der Waals surface area contributed by atoms with Gasteiger partial charge in [-0.15, -0.1) is 11.3 Å². The molecule has 0 saturated carbocycles. The molecule has 0 saturated heterocycles. The third kappa shape index (κ3) is 6.69. The van der Waals surface area contributed by atoms with E-state index in [4.69, 9.17) is 4.74 Å². The van der Waals surface area contributed by atoms with Gasteiger partial charge in [-0.25, -0.2) is 9.78 Å². The summed E-state index contributed by atoms with van der Waals surface area (Å²) < 4.78 is 7.50. The molecule has 43 heavy (non-hydrogen) atoms. The number of aliphatic hydroxyl groups excluding tert-OH is 1. The largest absolute Gasteiger partial charge is 0.486 e. The van der Waals surface area contributed by atoms with Gasteiger partial charge in [0.2, 0.25) is 0 Å². The highest BCUT2D eigenvalue weighted by Crippen LogP contribution is 2.35. The fraction of sp³-hybridized carbons (Fsp3) is 0.312. The SMILES string of the molecule is C[C@@H]1CN([C@H](C)CO)C(=O)c2cccc(NC(=O)c3nc4ccccc4s3)c2O[C@@H]1CN(C)Cc1ccc(C(=O)O)cc1. The Labute approximate surface area is 253 Å². The van der Waals surface area contributed by atoms with E-state index in [0.717, 1.165) is 15.8 Å². The molecule has 2 heterocycles. The van der Waals surface area contributed by atoms with E-state index in [2.05, 4.69) is 15.2 Å². The van der Waals surface area contributed by atoms with E-state index in [1.165, 1.54) is 11.3 Å². The molecule has 5 rings (SSSR count). The number of hydrogen-bond donors (Lipinski definition) is 3. The van der Waals surface area contributed by atoms with Crippen LogP contribution in [0.3, 0.4) is 0 Å². The summed E-state index contributed by atoms with van der Waals surface area (Å²) >= 11 is 1.28. The lowest BCUT2D eigenvalue weighted by Crippen LogP contribution is -2.49. The van der Waals surface area contributed by atoms with Crippen LogP contribution in [-0.4, -0.2) is 81.7 Å². The number of fused-ring (bicyclic) bond motifs is 2. The van der Waals surface area contributed by atoms with E-state index in [0.29, 0.717) is 35.9 Å². The van der Waals surface area contributed by atoms with Gasteiger partial charge in [-0.1, -0.05) is 37.3 Å². The molecular formula is C32H34N4O6S. The van der Waals surface area contributed by atoms with Crippen LogP contribution in [0.25, 0.3) is 10.2 Å². The number of aromatic carboxylic acids is 1. The second kappa shape index (κ2) is 12.9. The first-order valence-corrected chi connectivity index (χ1v) is 14.9. The standard InChI is InChI=1S/C32H34N4O6S/c1-19-15-36(20(2)18-37)31(39)23-7-6-9-25(33-29(38)30-34-24-8-4-5-10-27(24)43-30)28(23)42-26(19)17-35(3)16-21-11-13-22(14-12-21)32(40)41/h4-14,19-20,26,37H,15-18H2,1-3H3,(H,33,38)(H,40,41)/t19-,20-,26-/m1/s1. The number of nitrogens with one attached hydrogen (secondary N) is 1. The number of carboxylic acid groups (broad SMARTS) is 1. The summed E-state index contributed by atoms with van der Waals surface area (Å²) in [5.41, 5.74) is 2.56. The van der Waals surface area contributed by atoms with Crippen molar-refractivity contribution >= 4 is 45.0 Å². The van der Waals surface area contributed by atoms with Crippen molar-refractivity contribution in [2.45, 2.75) is 32.5 Å². The second-order valence-electron chi connectivity index (χ2n) is 10.9. The Bertz CT molecular complexity index is 1610. The van der Waals surface area contributed by atoms with Gasteiger partial charge in [0.15, 0.2) is 10.8 Å². The van der Waals surface area contributed by atoms with Crippen molar-refractivity contribution in [3.8, 4) is 5.75 Å². The molecule has 0 fully saturated rings. The minimum Gasteiger partial charge on any atom is -0.486 e. The van der Waals surface area contributed by atoms with Crippen LogP contribution in [0.4, 0.5) is 5.69 Å². The highest BCUT2D eigenvalue weighted by molar-refractivity contribution is 7.20. The van der Waals surface area contributed by atoms with Gasteiger partial charge in [-0.2, -0.15) is 0 Å². The number of benzene rings is 3. The van der Waals surface area contributed by atoms with E-state index in [1.54, 1.807) is 54.3 Å². The highest BCUT2D eigenvalue weighted by atomic mass is 32.1. The predicted molar refractivity (Wildman–Crippen MR) is 165 cm³/mol. The topological polar surface area (TPSA) is 132 Å². The van der Waals surface area contributed by atoms with E-state index >= 15 is 0 Å². The Kier molecular flexibility index (Phi) is 9.05. The Morgan fingerprint density at radius 2 is 1.88 bits per heavy atom. The first-order chi connectivity index (χ1) is 20.6. The number of carboxylic acids is 1. The molecule has 0 unspecified atom stereocenters. The predicted octanol–water partition coefficient (Wildman–Crippen LogP) is 4.60. The summed E-state index contributed by atoms with van der Waals surface area (Å²) in [6.45, 7) is 5.00. The van der Waals surface area contributed by atoms with Crippen molar-refractivity contribution in [3.05, 3.63) is 88.4 Å². The van der Waals surface area contributed by atoms with Crippen molar-refractivity contribution in [3.63, 3.8) is 0 Å². The summed E-state index contributed by atoms with van der Waals surface area (Å²) in [6, 6.07) is 18.9. The van der Waals surface area contributed by atoms with E-state index in [9.17, 15) is 24.6 Å². The molecule has 1 aliphatic rings. The van der Waals surface area contributed by atoms with Crippen molar-refractivity contribution in [1.82, 2.24) is 14.8 Å². The third-order valence-electron chi connectivity index (χ3n) is 7.57. The van der Waals surface area contributed by atoms with Gasteiger partial charge < -0.3 is 25.2 Å². The molecule has 11 heteroatoms. The number of para-hydroxylation sites is 2. The van der Waals surface area contributed by atoms with Crippen molar-refractivity contribution in [2.24, 2.45) is 5.92 Å². The monoisotopic (exact) mass is 602 g/mol. The number of rotatable bonds is 9. The molecule has 3 atom stereocenters. The first kappa shape index (κ1) is 30.1. The first-order valence-electron chi connectivity index (χ1n) is 14.0. The number of carbonyl (C=O) groups excluding carboxylic acids is 2. The molecule has 3 aromatic carbocycles. The molecule has 1 aliphatic heterocycles. The van der Waals surface area contributed by atoms with Crippen molar-refractivity contribution < 1.29 is 29.3 Å². The van der Waals surface area contributed by atoms with Crippen LogP contribution in [0.5, 0.6) is 5.75 Å². The van der Waals surface area contributed by atoms with Crippen LogP contribution in [0, 0.1) is 5.92 Å². The molecule has 3 N–H and O–H groups in total. The molecular weight excluding hydrogens is 568 g/mol. The smallest absolute Gasteiger partial charge is 0.335 e. The normalized spacial score (nSPS) is 17.6. The zero-order valence-corrected chi connectivity index (χ0v) is 25.0. The summed E-state index contributed by atoms with van der Waals surface area (Å²) in [5, 5.41) is 22.4. The lowest BCUT2D eigenvalue weighted by molar-refractivity contribution is 0.0343. The number of likely N-dealkylation sites (N-methyl/N-ethyl adjacent to an activating group) is 1. The quantitative estimate of drug-likeness (QED) is 0.253. The van der Waals surface area contributed by atoms with Crippen molar-refractivity contribution in [1.29, 1.82) is 0 Å². The lowest BCUT2D eigenvalue weighted by atomic mass is 9.98. The number of thiazole rings is 1. The number of aliphatic hydroxyl groups is 1. The molecule has 2 amide bonds. The molecule has 0 aliphatic carbocycles. The summed E-state index contributed by atoms with van der Waals surface area (Å²) in [6.07, 6.45) is -0.385. The van der Waals surface area contributed by atoms with Gasteiger partial charge in [0, 0.05) is 25.6 Å². The zero-order chi connectivity index (χ0) is 30.7. The maximum absolute atomic E-state index is 13.8. The van der Waals surface area contributed by atoms with Crippen LogP contribution in [0.2, 0.25) is 0 Å². The molecule has 0 spiro atoms. The average molecular weight is 603 g/mol. The van der Waals surface area contributed by atoms with E-state index in [1.807, 2.05) is 38.2 Å². The number of anilines is 1. The Balaban J connectivity index is 1.44. The van der Waals surface area contributed by atoms with E-state index < -0.39 is 17.9 Å². The summed E-state index contributed by atoms with van der Waals surface area (Å²) in [5.74, 6) is -1.52. The third-order valence-corrected chi connectivity index (χ3v) is 8.61. The highest BCUT2D eigenvalue weighted by Gasteiger charge is 2.34. The van der Waals surface area contributed by atoms with Crippen LogP contribution < -0.4 is 10.1 Å². The lowest BCUT2D eigenvalue weighted by Gasteiger charge is -2.38. The summed E-state index contributed by atoms with van der Waals surface area (Å²) in [4.78, 5) is 46.5. The number of aromatic nitrogens is 1. The zero-order valence-electron chi connectivity index (χ0n) is 24.2. The van der Waals surface area contributed by atoms with Crippen molar-refractivity contribution in [2.75, 3.05) is 32.1 Å². The van der Waals surface area contributed by atoms with Crippen LogP contribution >= 0.6 is 11.3 Å². The fourth-order valence-electron chi connectivity index (χ4n) is 5.14. The number of amides is 2. The molecule has 1 aromatic heterocycles. The molecule has 0 bridgehead atoms. The average Bonchev–Trinajstić information content (AvgIpc) is 3.44. The number of ether oxygens (including phenoxy) is 1. The van der Waals surface area contributed by atoms with Gasteiger partial charge in [-0.05, 0) is 55.9 Å². The van der Waals surface area contributed by atoms with Crippen LogP contribution in [0.15, 0.2) is 66.7 Å². The number of nitrogens with zero attached hydrogens (tertiary/aromatic N) is 3. The molecule has 0 radical (unpaired) electrons. The molecule has 4 aromatic rings.